The van der Waals surface area contributed by atoms with Gasteiger partial charge in [-0.15, -0.1) is 11.3 Å². The third-order valence-corrected chi connectivity index (χ3v) is 6.81. The zero-order valence-corrected chi connectivity index (χ0v) is 17.8. The van der Waals surface area contributed by atoms with Crippen LogP contribution < -0.4 is 5.32 Å². The number of aromatic nitrogens is 2. The van der Waals surface area contributed by atoms with Crippen LogP contribution in [0.3, 0.4) is 0 Å². The highest BCUT2D eigenvalue weighted by molar-refractivity contribution is 7.19. The molecule has 1 aliphatic rings. The summed E-state index contributed by atoms with van der Waals surface area (Å²) in [5.74, 6) is 1.78. The van der Waals surface area contributed by atoms with Crippen molar-refractivity contribution in [2.45, 2.75) is 39.0 Å². The number of carbonyl (C=O) groups is 1. The van der Waals surface area contributed by atoms with Crippen molar-refractivity contribution in [2.24, 2.45) is 0 Å². The minimum Gasteiger partial charge on any atom is -0.340 e. The zero-order chi connectivity index (χ0) is 20.5. The van der Waals surface area contributed by atoms with E-state index in [9.17, 15) is 4.79 Å². The Kier molecular flexibility index (Phi) is 5.05. The van der Waals surface area contributed by atoms with Gasteiger partial charge in [-0.3, -0.25) is 4.79 Å². The van der Waals surface area contributed by atoms with Gasteiger partial charge in [0.15, 0.2) is 5.78 Å². The van der Waals surface area contributed by atoms with Crippen LogP contribution in [0.1, 0.15) is 52.0 Å². The molecule has 5 heteroatoms. The summed E-state index contributed by atoms with van der Waals surface area (Å²) in [5.41, 5.74) is 4.26. The molecule has 5 rings (SSSR count). The van der Waals surface area contributed by atoms with Crippen LogP contribution in [0.2, 0.25) is 0 Å². The van der Waals surface area contributed by atoms with E-state index in [4.69, 9.17) is 9.97 Å². The predicted molar refractivity (Wildman–Crippen MR) is 123 cm³/mol. The number of nitrogens with one attached hydrogen (secondary N) is 1. The minimum absolute atomic E-state index is 0.0722. The lowest BCUT2D eigenvalue weighted by atomic mass is 9.97. The molecule has 4 aromatic rings. The second-order valence-electron chi connectivity index (χ2n) is 7.80. The largest absolute Gasteiger partial charge is 0.340 e. The Morgan fingerprint density at radius 1 is 1.00 bits per heavy atom. The second kappa shape index (κ2) is 8.00. The van der Waals surface area contributed by atoms with Gasteiger partial charge in [-0.1, -0.05) is 30.3 Å². The van der Waals surface area contributed by atoms with Gasteiger partial charge in [-0.05, 0) is 68.0 Å². The summed E-state index contributed by atoms with van der Waals surface area (Å²) < 4.78 is 0. The lowest BCUT2D eigenvalue weighted by Gasteiger charge is -2.13. The fourth-order valence-corrected chi connectivity index (χ4v) is 5.35. The maximum absolute atomic E-state index is 11.6. The molecule has 30 heavy (non-hydrogen) atoms. The molecular formula is C25H23N3OS. The fourth-order valence-electron chi connectivity index (χ4n) is 4.07. The number of Topliss-reactive ketones (excluding diaryl/α,β-unsaturated/α-hetero) is 1. The monoisotopic (exact) mass is 413 g/mol. The van der Waals surface area contributed by atoms with Gasteiger partial charge in [0.1, 0.15) is 16.5 Å². The molecule has 4 nitrogen and oxygen atoms in total. The molecule has 0 saturated heterocycles. The van der Waals surface area contributed by atoms with E-state index in [-0.39, 0.29) is 5.78 Å². The van der Waals surface area contributed by atoms with E-state index in [2.05, 4.69) is 17.4 Å². The van der Waals surface area contributed by atoms with Gasteiger partial charge >= 0.3 is 0 Å². The third kappa shape index (κ3) is 3.73. The molecule has 0 bridgehead atoms. The summed E-state index contributed by atoms with van der Waals surface area (Å²) in [5, 5.41) is 4.69. The maximum Gasteiger partial charge on any atom is 0.159 e. The number of hydrogen-bond donors (Lipinski definition) is 1. The van der Waals surface area contributed by atoms with Gasteiger partial charge in [0.05, 0.1) is 5.39 Å². The Morgan fingerprint density at radius 3 is 2.53 bits per heavy atom. The highest BCUT2D eigenvalue weighted by Gasteiger charge is 2.21. The van der Waals surface area contributed by atoms with E-state index in [1.165, 1.54) is 34.2 Å². The molecule has 1 aliphatic carbocycles. The fraction of sp³-hybridized carbons (Fsp3) is 0.240. The number of aryl methyl sites for hydroxylation is 2. The summed E-state index contributed by atoms with van der Waals surface area (Å²) in [6.45, 7) is 1.59. The number of fused-ring (bicyclic) bond motifs is 3. The average Bonchev–Trinajstić information content (AvgIpc) is 3.13. The first-order valence-corrected chi connectivity index (χ1v) is 11.2. The summed E-state index contributed by atoms with van der Waals surface area (Å²) in [4.78, 5) is 24.0. The predicted octanol–water partition coefficient (Wildman–Crippen LogP) is 6.11. The lowest BCUT2D eigenvalue weighted by molar-refractivity contribution is 0.101. The number of ketones is 1. The molecular weight excluding hydrogens is 390 g/mol. The number of benzene rings is 2. The van der Waals surface area contributed by atoms with Gasteiger partial charge in [0, 0.05) is 22.5 Å². The normalized spacial score (nSPS) is 13.2. The van der Waals surface area contributed by atoms with E-state index in [0.29, 0.717) is 12.0 Å². The molecule has 0 radical (unpaired) electrons. The first-order chi connectivity index (χ1) is 14.7. The van der Waals surface area contributed by atoms with Crippen molar-refractivity contribution in [3.05, 3.63) is 82.0 Å². The molecule has 0 amide bonds. The molecule has 0 aliphatic heterocycles. The number of carbonyl (C=O) groups excluding carboxylic acids is 1. The third-order valence-electron chi connectivity index (χ3n) is 5.62. The van der Waals surface area contributed by atoms with Crippen molar-refractivity contribution in [2.75, 3.05) is 5.32 Å². The van der Waals surface area contributed by atoms with Crippen molar-refractivity contribution in [3.8, 4) is 0 Å². The van der Waals surface area contributed by atoms with E-state index >= 15 is 0 Å². The summed E-state index contributed by atoms with van der Waals surface area (Å²) in [6.07, 6.45) is 5.40. The quantitative estimate of drug-likeness (QED) is 0.401. The highest BCUT2D eigenvalue weighted by Crippen LogP contribution is 2.39. The number of thiophene rings is 1. The van der Waals surface area contributed by atoms with Crippen LogP contribution in [0, 0.1) is 0 Å². The van der Waals surface area contributed by atoms with Crippen LogP contribution >= 0.6 is 11.3 Å². The SMILES string of the molecule is CC(=O)c1ccc(Nc2nc(Cc3ccccc3)nc3sc4c(c23)CCCC4)cc1. The van der Waals surface area contributed by atoms with Crippen molar-refractivity contribution in [1.29, 1.82) is 0 Å². The van der Waals surface area contributed by atoms with E-state index in [1.807, 2.05) is 53.8 Å². The smallest absolute Gasteiger partial charge is 0.159 e. The molecule has 0 saturated carbocycles. The van der Waals surface area contributed by atoms with Gasteiger partial charge in [0.25, 0.3) is 0 Å². The molecule has 0 unspecified atom stereocenters. The summed E-state index contributed by atoms with van der Waals surface area (Å²) in [6, 6.07) is 18.0. The van der Waals surface area contributed by atoms with Crippen LogP contribution in [0.15, 0.2) is 54.6 Å². The molecule has 0 fully saturated rings. The van der Waals surface area contributed by atoms with Gasteiger partial charge in [0.2, 0.25) is 0 Å². The molecule has 0 atom stereocenters. The van der Waals surface area contributed by atoms with Crippen molar-refractivity contribution >= 4 is 38.8 Å². The van der Waals surface area contributed by atoms with Crippen LogP contribution in [0.4, 0.5) is 11.5 Å². The molecule has 0 spiro atoms. The Morgan fingerprint density at radius 2 is 1.77 bits per heavy atom. The van der Waals surface area contributed by atoms with Crippen molar-refractivity contribution in [3.63, 3.8) is 0 Å². The lowest BCUT2D eigenvalue weighted by Crippen LogP contribution is -2.04. The maximum atomic E-state index is 11.6. The standard InChI is InChI=1S/C25H23N3OS/c1-16(29)18-11-13-19(14-12-18)26-24-23-20-9-5-6-10-21(20)30-25(23)28-22(27-24)15-17-7-3-2-4-8-17/h2-4,7-8,11-14H,5-6,9-10,15H2,1H3,(H,26,27,28). The first kappa shape index (κ1) is 18.9. The van der Waals surface area contributed by atoms with E-state index < -0.39 is 0 Å². The summed E-state index contributed by atoms with van der Waals surface area (Å²) >= 11 is 1.82. The number of hydrogen-bond acceptors (Lipinski definition) is 5. The van der Waals surface area contributed by atoms with Crippen LogP contribution in [0.25, 0.3) is 10.2 Å². The van der Waals surface area contributed by atoms with Crippen LogP contribution in [0.5, 0.6) is 0 Å². The molecule has 2 heterocycles. The van der Waals surface area contributed by atoms with Gasteiger partial charge in [-0.2, -0.15) is 0 Å². The number of rotatable bonds is 5. The van der Waals surface area contributed by atoms with Crippen molar-refractivity contribution < 1.29 is 4.79 Å². The Labute approximate surface area is 180 Å². The van der Waals surface area contributed by atoms with Gasteiger partial charge < -0.3 is 5.32 Å². The van der Waals surface area contributed by atoms with E-state index in [1.54, 1.807) is 6.92 Å². The summed E-state index contributed by atoms with van der Waals surface area (Å²) in [7, 11) is 0. The Balaban J connectivity index is 1.58. The highest BCUT2D eigenvalue weighted by atomic mass is 32.1. The van der Waals surface area contributed by atoms with Crippen molar-refractivity contribution in [1.82, 2.24) is 9.97 Å². The average molecular weight is 414 g/mol. The minimum atomic E-state index is 0.0722. The molecule has 2 aromatic carbocycles. The number of anilines is 2. The Bertz CT molecular complexity index is 1210. The Hall–Kier alpha value is -3.05. The number of nitrogens with zero attached hydrogens (tertiary/aromatic N) is 2. The molecule has 150 valence electrons. The van der Waals surface area contributed by atoms with Crippen LogP contribution in [-0.2, 0) is 19.3 Å². The zero-order valence-electron chi connectivity index (χ0n) is 16.9. The van der Waals surface area contributed by atoms with Crippen LogP contribution in [-0.4, -0.2) is 15.8 Å². The second-order valence-corrected chi connectivity index (χ2v) is 8.88. The molecule has 2 aromatic heterocycles. The topological polar surface area (TPSA) is 54.9 Å². The van der Waals surface area contributed by atoms with E-state index in [0.717, 1.165) is 35.0 Å². The first-order valence-electron chi connectivity index (χ1n) is 10.4. The van der Waals surface area contributed by atoms with Gasteiger partial charge in [-0.25, -0.2) is 9.97 Å². The molecule has 1 N–H and O–H groups in total.